The molecule has 1 aliphatic carbocycles. The number of ketones is 1. The lowest BCUT2D eigenvalue weighted by molar-refractivity contribution is -0.299. The molecule has 282 valence electrons. The Morgan fingerprint density at radius 3 is 2.31 bits per heavy atom. The van der Waals surface area contributed by atoms with E-state index in [2.05, 4.69) is 24.2 Å². The van der Waals surface area contributed by atoms with Gasteiger partial charge in [0.25, 0.3) is 0 Å². The third-order valence-corrected chi connectivity index (χ3v) is 12.3. The van der Waals surface area contributed by atoms with Crippen LogP contribution in [0.5, 0.6) is 0 Å². The van der Waals surface area contributed by atoms with Crippen LogP contribution in [0.4, 0.5) is 0 Å². The Bertz CT molecular complexity index is 1150. The van der Waals surface area contributed by atoms with Gasteiger partial charge in [0.05, 0.1) is 24.2 Å². The van der Waals surface area contributed by atoms with Crippen LogP contribution in [0.15, 0.2) is 0 Å². The van der Waals surface area contributed by atoms with Crippen molar-refractivity contribution in [3.63, 3.8) is 0 Å². The van der Waals surface area contributed by atoms with E-state index >= 15 is 0 Å². The number of aliphatic hydroxyl groups excluding tert-OH is 1. The van der Waals surface area contributed by atoms with Crippen molar-refractivity contribution in [2.75, 3.05) is 41.3 Å². The highest BCUT2D eigenvalue weighted by atomic mass is 16.7. The largest absolute Gasteiger partial charge is 0.458 e. The first-order valence-corrected chi connectivity index (χ1v) is 18.6. The lowest BCUT2D eigenvalue weighted by Gasteiger charge is -2.48. The number of cyclic esters (lactones) is 1. The van der Waals surface area contributed by atoms with Gasteiger partial charge in [0.15, 0.2) is 17.7 Å². The highest BCUT2D eigenvalue weighted by Gasteiger charge is 2.55. The Kier molecular flexibility index (Phi) is 13.4. The average molecular weight is 696 g/mol. The first kappa shape index (κ1) is 40.1. The molecular formula is C37H65N3O9. The summed E-state index contributed by atoms with van der Waals surface area (Å²) >= 11 is 0. The number of aliphatic hydroxyl groups is 1. The number of esters is 2. The van der Waals surface area contributed by atoms with Gasteiger partial charge in [0, 0.05) is 43.6 Å². The van der Waals surface area contributed by atoms with Gasteiger partial charge >= 0.3 is 11.9 Å². The number of ether oxygens (including phenoxy) is 5. The molecule has 0 radical (unpaired) electrons. The Morgan fingerprint density at radius 1 is 1.06 bits per heavy atom. The maximum atomic E-state index is 14.3. The van der Waals surface area contributed by atoms with E-state index < -0.39 is 53.6 Å². The van der Waals surface area contributed by atoms with E-state index in [0.29, 0.717) is 38.4 Å². The number of Topliss-reactive ketones (excluding diaryl/α,β-unsaturated/α-hetero) is 1. The summed E-state index contributed by atoms with van der Waals surface area (Å²) in [5.41, 5.74) is -2.04. The molecule has 4 fully saturated rings. The second-order valence-electron chi connectivity index (χ2n) is 16.2. The van der Waals surface area contributed by atoms with Crippen molar-refractivity contribution < 1.29 is 43.2 Å². The van der Waals surface area contributed by atoms with E-state index in [1.165, 1.54) is 19.3 Å². The zero-order chi connectivity index (χ0) is 36.4. The molecule has 0 aromatic heterocycles. The maximum absolute atomic E-state index is 14.3. The minimum Gasteiger partial charge on any atom is -0.458 e. The number of carbonyl (C=O) groups is 3. The number of hydrogen-bond donors (Lipinski definition) is 2. The highest BCUT2D eigenvalue weighted by Crippen LogP contribution is 2.42. The second kappa shape index (κ2) is 16.3. The summed E-state index contributed by atoms with van der Waals surface area (Å²) in [6, 6.07) is 0.186. The fourth-order valence-corrected chi connectivity index (χ4v) is 8.73. The zero-order valence-electron chi connectivity index (χ0n) is 31.9. The molecule has 0 spiro atoms. The summed E-state index contributed by atoms with van der Waals surface area (Å²) in [4.78, 5) is 44.9. The molecule has 0 amide bonds. The fraction of sp³-hybridized carbons (Fsp3) is 0.919. The van der Waals surface area contributed by atoms with E-state index in [9.17, 15) is 19.5 Å². The minimum atomic E-state index is -1.12. The Labute approximate surface area is 294 Å². The zero-order valence-corrected chi connectivity index (χ0v) is 31.9. The summed E-state index contributed by atoms with van der Waals surface area (Å²) in [7, 11) is 7.62. The van der Waals surface area contributed by atoms with Crippen LogP contribution < -0.4 is 5.32 Å². The molecule has 4 aliphatic rings. The van der Waals surface area contributed by atoms with Crippen LogP contribution in [0, 0.1) is 23.7 Å². The normalized spacial score (nSPS) is 43.4. The predicted octanol–water partition coefficient (Wildman–Crippen LogP) is 3.17. The molecule has 12 heteroatoms. The van der Waals surface area contributed by atoms with Crippen molar-refractivity contribution in [3.05, 3.63) is 0 Å². The smallest absolute Gasteiger partial charge is 0.316 e. The molecule has 13 atom stereocenters. The number of hydrogen-bond acceptors (Lipinski definition) is 12. The number of carbonyl (C=O) groups excluding carboxylic acids is 3. The standard InChI is InChI=1S/C37H65N3O9/c1-12-29-37(7)27(17-30(41)49-37)24(5)38-19-21(2)18-36(6,45-11)33(22(3)31(42)23(4)34(44)47-29)48-35-32(43)28(39(8)9)16-26(46-35)20-40(10)25-14-13-15-25/h21-29,32-33,35,38,43H,12-20H2,1-11H3/t21-,22+,23?,24-,26?,27-,28?,29-,32?,33-,35?,36-,37+/m1/s1. The minimum absolute atomic E-state index is 0.0584. The quantitative estimate of drug-likeness (QED) is 0.285. The summed E-state index contributed by atoms with van der Waals surface area (Å²) in [5.74, 6) is -3.48. The molecule has 0 bridgehead atoms. The van der Waals surface area contributed by atoms with Crippen molar-refractivity contribution in [1.29, 1.82) is 0 Å². The van der Waals surface area contributed by atoms with Gasteiger partial charge in [-0.1, -0.05) is 27.2 Å². The average Bonchev–Trinajstić information content (AvgIpc) is 3.33. The van der Waals surface area contributed by atoms with Gasteiger partial charge < -0.3 is 43.9 Å². The van der Waals surface area contributed by atoms with Gasteiger partial charge in [0.1, 0.15) is 18.1 Å². The third-order valence-electron chi connectivity index (χ3n) is 12.3. The van der Waals surface area contributed by atoms with Crippen LogP contribution in [0.2, 0.25) is 0 Å². The van der Waals surface area contributed by atoms with Crippen molar-refractivity contribution in [2.45, 2.75) is 153 Å². The highest BCUT2D eigenvalue weighted by molar-refractivity contribution is 6.00. The predicted molar refractivity (Wildman–Crippen MR) is 185 cm³/mol. The van der Waals surface area contributed by atoms with E-state index in [4.69, 9.17) is 23.7 Å². The topological polar surface area (TPSA) is 136 Å². The monoisotopic (exact) mass is 695 g/mol. The van der Waals surface area contributed by atoms with E-state index in [1.807, 2.05) is 46.7 Å². The van der Waals surface area contributed by atoms with Crippen LogP contribution in [0.25, 0.3) is 0 Å². The summed E-state index contributed by atoms with van der Waals surface area (Å²) in [5, 5.41) is 15.3. The van der Waals surface area contributed by atoms with Crippen LogP contribution in [-0.4, -0.2) is 134 Å². The molecule has 0 aromatic carbocycles. The van der Waals surface area contributed by atoms with E-state index in [-0.39, 0.29) is 48.2 Å². The molecule has 3 aliphatic heterocycles. The molecule has 5 unspecified atom stereocenters. The van der Waals surface area contributed by atoms with Crippen molar-refractivity contribution in [2.24, 2.45) is 23.7 Å². The van der Waals surface area contributed by atoms with Gasteiger partial charge in [-0.25, -0.2) is 0 Å². The molecule has 3 heterocycles. The Balaban J connectivity index is 1.67. The lowest BCUT2D eigenvalue weighted by atomic mass is 9.78. The lowest BCUT2D eigenvalue weighted by Crippen LogP contribution is -2.60. The second-order valence-corrected chi connectivity index (χ2v) is 16.2. The molecule has 1 saturated carbocycles. The summed E-state index contributed by atoms with van der Waals surface area (Å²) in [6.45, 7) is 14.4. The molecular weight excluding hydrogens is 630 g/mol. The van der Waals surface area contributed by atoms with Gasteiger partial charge in [-0.2, -0.15) is 0 Å². The van der Waals surface area contributed by atoms with Crippen LogP contribution >= 0.6 is 0 Å². The Hall–Kier alpha value is -1.67. The SMILES string of the molecule is CC[C@H]1OC(=O)C(C)C(=O)[C@H](C)[C@@H](OC2OC(CN(C)C3CCC3)CC(N(C)C)C2O)[C@](C)(OC)C[C@@H](C)CN[C@H](C)[C@H]2CC(=O)O[C@@]21C. The maximum Gasteiger partial charge on any atom is 0.316 e. The van der Waals surface area contributed by atoms with Crippen molar-refractivity contribution in [3.8, 4) is 0 Å². The number of nitrogens with one attached hydrogen (secondary N) is 1. The molecule has 2 N–H and O–H groups in total. The van der Waals surface area contributed by atoms with Crippen molar-refractivity contribution >= 4 is 17.7 Å². The fourth-order valence-electron chi connectivity index (χ4n) is 8.73. The number of methoxy groups -OCH3 is 1. The van der Waals surface area contributed by atoms with E-state index in [1.54, 1.807) is 21.0 Å². The first-order chi connectivity index (χ1) is 22.9. The van der Waals surface area contributed by atoms with E-state index in [0.717, 1.165) is 0 Å². The molecule has 49 heavy (non-hydrogen) atoms. The molecule has 12 nitrogen and oxygen atoms in total. The number of rotatable bonds is 8. The van der Waals surface area contributed by atoms with Gasteiger partial charge in [-0.05, 0) is 93.4 Å². The molecule has 0 aromatic rings. The number of nitrogens with zero attached hydrogens (tertiary/aromatic N) is 2. The van der Waals surface area contributed by atoms with Gasteiger partial charge in [0.2, 0.25) is 0 Å². The Morgan fingerprint density at radius 2 is 1.73 bits per heavy atom. The summed E-state index contributed by atoms with van der Waals surface area (Å²) < 4.78 is 31.5. The van der Waals surface area contributed by atoms with Crippen LogP contribution in [0.1, 0.15) is 93.4 Å². The molecule has 3 saturated heterocycles. The third kappa shape index (κ3) is 8.69. The van der Waals surface area contributed by atoms with Crippen LogP contribution in [-0.2, 0) is 38.1 Å². The molecule has 4 rings (SSSR count). The van der Waals surface area contributed by atoms with Gasteiger partial charge in [-0.3, -0.25) is 14.4 Å². The first-order valence-electron chi connectivity index (χ1n) is 18.6. The number of likely N-dealkylation sites (N-methyl/N-ethyl adjacent to an activating group) is 2. The van der Waals surface area contributed by atoms with Crippen molar-refractivity contribution in [1.82, 2.24) is 15.1 Å². The van der Waals surface area contributed by atoms with Crippen LogP contribution in [0.3, 0.4) is 0 Å². The van der Waals surface area contributed by atoms with Gasteiger partial charge in [-0.15, -0.1) is 0 Å². The number of fused-ring (bicyclic) bond motifs is 1. The summed E-state index contributed by atoms with van der Waals surface area (Å²) in [6.07, 6.45) is 1.58.